The number of rotatable bonds is 4. The van der Waals surface area contributed by atoms with Gasteiger partial charge in [0.2, 0.25) is 4.77 Å². The first-order chi connectivity index (χ1) is 19.7. The highest BCUT2D eigenvalue weighted by Gasteiger charge is 2.49. The smallest absolute Gasteiger partial charge is 0.394 e. The van der Waals surface area contributed by atoms with Crippen LogP contribution in [-0.2, 0) is 18.0 Å². The lowest BCUT2D eigenvalue weighted by Crippen LogP contribution is -2.55. The van der Waals surface area contributed by atoms with Crippen molar-refractivity contribution >= 4 is 51.2 Å². The molecule has 1 saturated heterocycles. The van der Waals surface area contributed by atoms with Crippen LogP contribution in [0.15, 0.2) is 51.3 Å². The summed E-state index contributed by atoms with van der Waals surface area (Å²) in [4.78, 5) is 0. The topological polar surface area (TPSA) is 120 Å². The molecule has 4 atom stereocenters. The lowest BCUT2D eigenvalue weighted by atomic mass is 9.95. The zero-order valence-electron chi connectivity index (χ0n) is 21.0. The van der Waals surface area contributed by atoms with Crippen LogP contribution in [0.2, 0.25) is 5.02 Å². The highest BCUT2D eigenvalue weighted by molar-refractivity contribution is 9.10. The minimum absolute atomic E-state index is 0.0533. The molecule has 1 aromatic heterocycles. The molecule has 18 heteroatoms. The summed E-state index contributed by atoms with van der Waals surface area (Å²) in [6, 6.07) is 5.29. The second-order valence-corrected chi connectivity index (χ2v) is 10.8. The highest BCUT2D eigenvalue weighted by atomic mass is 79.9. The van der Waals surface area contributed by atoms with E-state index in [4.69, 9.17) is 28.6 Å². The molecular weight excluding hydrogens is 679 g/mol. The van der Waals surface area contributed by atoms with Gasteiger partial charge in [-0.25, -0.2) is 13.5 Å². The molecule has 2 aliphatic rings. The Bertz CT molecular complexity index is 1740. The molecule has 2 aromatic carbocycles. The van der Waals surface area contributed by atoms with Crippen LogP contribution in [0.5, 0.6) is 0 Å². The Morgan fingerprint density at radius 1 is 1.14 bits per heavy atom. The number of aliphatic hydroxyl groups excluding tert-OH is 3. The van der Waals surface area contributed by atoms with Crippen molar-refractivity contribution in [3.8, 4) is 5.69 Å². The van der Waals surface area contributed by atoms with Crippen molar-refractivity contribution in [2.75, 3.05) is 6.61 Å². The van der Waals surface area contributed by atoms with E-state index in [1.165, 1.54) is 19.2 Å². The van der Waals surface area contributed by atoms with Crippen molar-refractivity contribution in [3.05, 3.63) is 79.4 Å². The maximum atomic E-state index is 14.6. The molecule has 1 fully saturated rings. The first-order valence-corrected chi connectivity index (χ1v) is 13.4. The average Bonchev–Trinajstić information content (AvgIpc) is 3.51. The fraction of sp³-hybridized carbons (Fsp3) is 0.292. The summed E-state index contributed by atoms with van der Waals surface area (Å²) in [5, 5.41) is 44.0. The van der Waals surface area contributed by atoms with Crippen LogP contribution in [-0.4, -0.2) is 65.0 Å². The highest BCUT2D eigenvalue weighted by Crippen LogP contribution is 2.39. The summed E-state index contributed by atoms with van der Waals surface area (Å²) >= 11 is 14.2. The summed E-state index contributed by atoms with van der Waals surface area (Å²) in [6.45, 7) is -0.805. The number of benzene rings is 2. The predicted octanol–water partition coefficient (Wildman–Crippen LogP) is 4.64. The number of ether oxygens (including phenoxy) is 1. The Kier molecular flexibility index (Phi) is 8.21. The summed E-state index contributed by atoms with van der Waals surface area (Å²) in [5.74, 6) is -2.75. The monoisotopic (exact) mass is 695 g/mol. The Morgan fingerprint density at radius 2 is 1.86 bits per heavy atom. The molecule has 2 aliphatic heterocycles. The van der Waals surface area contributed by atoms with Crippen LogP contribution in [0.4, 0.5) is 22.0 Å². The number of aliphatic hydroxyl groups is 3. The summed E-state index contributed by atoms with van der Waals surface area (Å²) in [6.07, 6.45) is -10.4. The first-order valence-electron chi connectivity index (χ1n) is 11.8. The van der Waals surface area contributed by atoms with E-state index in [9.17, 15) is 37.3 Å². The van der Waals surface area contributed by atoms with Crippen molar-refractivity contribution in [2.45, 2.75) is 30.6 Å². The van der Waals surface area contributed by atoms with E-state index in [1.807, 2.05) is 0 Å². The minimum atomic E-state index is -4.84. The van der Waals surface area contributed by atoms with E-state index in [-0.39, 0.29) is 37.1 Å². The summed E-state index contributed by atoms with van der Waals surface area (Å²) in [7, 11) is 1.36. The van der Waals surface area contributed by atoms with Gasteiger partial charge in [0.25, 0.3) is 5.70 Å². The summed E-state index contributed by atoms with van der Waals surface area (Å²) in [5.41, 5.74) is -2.43. The van der Waals surface area contributed by atoms with Gasteiger partial charge in [0.1, 0.15) is 23.5 Å². The number of halogens is 7. The standard InChI is InChI=1S/C24H18BrClF5N6O4S/c1-35-23(42)37(14-6-9(26)2-4-11(14)24(29,30)31)22(33-35)21-20(40)18(19(39)15(8-38)41-21)36-7-13(32-34-36)10-3-5-12(25)17(28)16(10)27/h2-7,15,19-21,38-40H,8H2,1H3/q+1/b36-18-/t15-,19?,20-,21-/m1/s1. The molecule has 3 N–H and O–H groups in total. The third-order valence-electron chi connectivity index (χ3n) is 6.53. The lowest BCUT2D eigenvalue weighted by Gasteiger charge is -2.36. The normalized spacial score (nSPS) is 24.4. The Labute approximate surface area is 251 Å². The molecule has 222 valence electrons. The van der Waals surface area contributed by atoms with Gasteiger partial charge in [-0.05, 0) is 58.5 Å². The largest absolute Gasteiger partial charge is 0.418 e. The molecule has 0 bridgehead atoms. The van der Waals surface area contributed by atoms with E-state index in [2.05, 4.69) is 31.4 Å². The van der Waals surface area contributed by atoms with Crippen molar-refractivity contribution in [2.24, 2.45) is 17.4 Å². The third-order valence-corrected chi connectivity index (χ3v) is 7.82. The van der Waals surface area contributed by atoms with Gasteiger partial charge in [-0.15, -0.1) is 4.68 Å². The van der Waals surface area contributed by atoms with E-state index in [1.54, 1.807) is 0 Å². The van der Waals surface area contributed by atoms with Gasteiger partial charge in [-0.3, -0.25) is 4.57 Å². The van der Waals surface area contributed by atoms with Crippen molar-refractivity contribution in [3.63, 3.8) is 0 Å². The van der Waals surface area contributed by atoms with E-state index >= 15 is 0 Å². The molecule has 1 unspecified atom stereocenters. The Hall–Kier alpha value is -2.93. The van der Waals surface area contributed by atoms with Crippen LogP contribution in [0.25, 0.3) is 11.4 Å². The quantitative estimate of drug-likeness (QED) is 0.158. The number of aromatic nitrogens is 3. The van der Waals surface area contributed by atoms with Gasteiger partial charge in [-0.2, -0.15) is 18.3 Å². The molecule has 5 rings (SSSR count). The van der Waals surface area contributed by atoms with E-state index in [0.29, 0.717) is 0 Å². The molecule has 0 saturated carbocycles. The van der Waals surface area contributed by atoms with Gasteiger partial charge in [0.05, 0.1) is 33.0 Å². The molecule has 42 heavy (non-hydrogen) atoms. The molecule has 0 amide bonds. The number of alkyl halides is 3. The minimum Gasteiger partial charge on any atom is -0.394 e. The van der Waals surface area contributed by atoms with Gasteiger partial charge in [-0.1, -0.05) is 11.6 Å². The maximum Gasteiger partial charge on any atom is 0.418 e. The zero-order chi connectivity index (χ0) is 30.7. The van der Waals surface area contributed by atoms with Gasteiger partial charge in [0, 0.05) is 12.1 Å². The van der Waals surface area contributed by atoms with E-state index < -0.39 is 60.1 Å². The zero-order valence-corrected chi connectivity index (χ0v) is 24.1. The van der Waals surface area contributed by atoms with Crippen molar-refractivity contribution in [1.82, 2.24) is 14.3 Å². The number of hydrogen-bond donors (Lipinski definition) is 3. The molecule has 0 spiro atoms. The SMILES string of the molecule is Cn1nc([C@@H]2O[C@H](CO)C(O)/C(=[N+]3\C=C(c4ccc(Br)c(F)c4F)N=N3)[C@H]2O)n(-c2cc(Cl)ccc2C(F)(F)F)c1=S. The number of hydrogen-bond acceptors (Lipinski definition) is 8. The molecule has 0 aliphatic carbocycles. The van der Waals surface area contributed by atoms with Crippen LogP contribution in [0.3, 0.4) is 0 Å². The Balaban J connectivity index is 1.67. The van der Waals surface area contributed by atoms with E-state index in [0.717, 1.165) is 38.3 Å². The number of aryl methyl sites for hydroxylation is 1. The average molecular weight is 697 g/mol. The molecule has 3 aromatic rings. The number of nitrogens with zero attached hydrogens (tertiary/aromatic N) is 6. The van der Waals surface area contributed by atoms with Crippen molar-refractivity contribution in [1.29, 1.82) is 0 Å². The molecule has 0 radical (unpaired) electrons. The summed E-state index contributed by atoms with van der Waals surface area (Å²) < 4.78 is 78.9. The predicted molar refractivity (Wildman–Crippen MR) is 142 cm³/mol. The maximum absolute atomic E-state index is 14.6. The fourth-order valence-electron chi connectivity index (χ4n) is 4.53. The first kappa shape index (κ1) is 30.5. The third kappa shape index (κ3) is 5.23. The van der Waals surface area contributed by atoms with Crippen molar-refractivity contribution < 1.29 is 46.7 Å². The second-order valence-electron chi connectivity index (χ2n) is 9.12. The van der Waals surface area contributed by atoms with Gasteiger partial charge < -0.3 is 20.1 Å². The molecule has 10 nitrogen and oxygen atoms in total. The van der Waals surface area contributed by atoms with Crippen LogP contribution in [0, 0.1) is 16.4 Å². The van der Waals surface area contributed by atoms with Gasteiger partial charge in [0.15, 0.2) is 35.5 Å². The Morgan fingerprint density at radius 3 is 2.52 bits per heavy atom. The molecule has 3 heterocycles. The molecular formula is C24H18BrClF5N6O4S+. The van der Waals surface area contributed by atoms with Crippen LogP contribution in [0.1, 0.15) is 23.1 Å². The van der Waals surface area contributed by atoms with Crippen LogP contribution < -0.4 is 0 Å². The van der Waals surface area contributed by atoms with Gasteiger partial charge >= 0.3 is 6.18 Å². The lowest BCUT2D eigenvalue weighted by molar-refractivity contribution is -0.473. The fourth-order valence-corrected chi connectivity index (χ4v) is 5.24. The second kappa shape index (κ2) is 11.3. The van der Waals surface area contributed by atoms with Crippen LogP contribution >= 0.6 is 39.7 Å².